The van der Waals surface area contributed by atoms with Crippen LogP contribution in [0.15, 0.2) is 18.2 Å². The first kappa shape index (κ1) is 17.3. The van der Waals surface area contributed by atoms with Crippen molar-refractivity contribution < 1.29 is 32.6 Å². The lowest BCUT2D eigenvalue weighted by atomic mass is 10.2. The van der Waals surface area contributed by atoms with Crippen molar-refractivity contribution in [3.63, 3.8) is 0 Å². The minimum Gasteiger partial charge on any atom is -0.466 e. The van der Waals surface area contributed by atoms with E-state index in [2.05, 4.69) is 19.6 Å². The maximum atomic E-state index is 13.8. The zero-order valence-electron chi connectivity index (χ0n) is 12.8. The molecule has 0 radical (unpaired) electrons. The summed E-state index contributed by atoms with van der Waals surface area (Å²) in [5, 5.41) is 3.86. The number of carbonyl (C=O) groups excluding carboxylic acids is 2. The molecule has 0 aliphatic carbocycles. The molecular weight excluding hydrogens is 328 g/mol. The van der Waals surface area contributed by atoms with Crippen LogP contribution in [0.1, 0.15) is 0 Å². The second-order valence-corrected chi connectivity index (χ2v) is 4.49. The zero-order chi connectivity index (χ0) is 17.7. The van der Waals surface area contributed by atoms with Crippen LogP contribution in [0.5, 0.6) is 6.01 Å². The molecule has 1 heterocycles. The Bertz CT molecular complexity index is 763. The molecule has 8 nitrogen and oxygen atoms in total. The van der Waals surface area contributed by atoms with Gasteiger partial charge >= 0.3 is 17.9 Å². The number of hydrogen-bond acceptors (Lipinski definition) is 7. The number of hydrogen-bond donors (Lipinski definition) is 0. The minimum atomic E-state index is -0.831. The Hall–Kier alpha value is -3.04. The number of nitrogens with zero attached hydrogens (tertiary/aromatic N) is 3. The Kier molecular flexibility index (Phi) is 5.40. The van der Waals surface area contributed by atoms with Crippen LogP contribution >= 0.6 is 0 Å². The molecule has 0 unspecified atom stereocenters. The Morgan fingerprint density at radius 3 is 2.62 bits per heavy atom. The maximum Gasteiger partial charge on any atom is 0.344 e. The number of carbonyl (C=O) groups is 2. The maximum absolute atomic E-state index is 13.8. The number of esters is 2. The van der Waals surface area contributed by atoms with E-state index in [1.807, 2.05) is 0 Å². The van der Waals surface area contributed by atoms with Gasteiger partial charge in [0, 0.05) is 13.1 Å². The van der Waals surface area contributed by atoms with E-state index in [-0.39, 0.29) is 17.4 Å². The average molecular weight is 341 g/mol. The van der Waals surface area contributed by atoms with E-state index in [9.17, 15) is 18.4 Å². The van der Waals surface area contributed by atoms with Crippen molar-refractivity contribution in [2.24, 2.45) is 7.05 Å². The molecule has 2 aromatic rings. The fourth-order valence-corrected chi connectivity index (χ4v) is 1.69. The third-order valence-corrected chi connectivity index (χ3v) is 2.81. The molecule has 0 N–H and O–H groups in total. The number of aryl methyl sites for hydroxylation is 1. The normalized spacial score (nSPS) is 10.3. The zero-order valence-corrected chi connectivity index (χ0v) is 12.8. The molecule has 0 saturated carbocycles. The highest BCUT2D eigenvalue weighted by molar-refractivity contribution is 5.77. The van der Waals surface area contributed by atoms with Gasteiger partial charge in [-0.05, 0) is 12.1 Å². The quantitative estimate of drug-likeness (QED) is 0.719. The van der Waals surface area contributed by atoms with E-state index in [0.717, 1.165) is 13.2 Å². The van der Waals surface area contributed by atoms with Gasteiger partial charge in [0.25, 0.3) is 0 Å². The molecule has 0 aliphatic rings. The smallest absolute Gasteiger partial charge is 0.344 e. The van der Waals surface area contributed by atoms with Crippen molar-refractivity contribution in [3.8, 4) is 17.4 Å². The average Bonchev–Trinajstić information content (AvgIpc) is 2.91. The van der Waals surface area contributed by atoms with Crippen molar-refractivity contribution >= 4 is 11.9 Å². The van der Waals surface area contributed by atoms with Gasteiger partial charge < -0.3 is 14.2 Å². The SMILES string of the molecule is COC(=O)COC(=O)COc1nc(-c2ccc(F)cc2F)n(C)n1. The van der Waals surface area contributed by atoms with Crippen LogP contribution < -0.4 is 4.74 Å². The highest BCUT2D eigenvalue weighted by Crippen LogP contribution is 2.22. The van der Waals surface area contributed by atoms with Crippen LogP contribution in [0.4, 0.5) is 8.78 Å². The summed E-state index contributed by atoms with van der Waals surface area (Å²) < 4.78 is 41.8. The van der Waals surface area contributed by atoms with E-state index >= 15 is 0 Å². The molecule has 0 saturated heterocycles. The molecule has 24 heavy (non-hydrogen) atoms. The fourth-order valence-electron chi connectivity index (χ4n) is 1.69. The number of ether oxygens (including phenoxy) is 3. The molecule has 0 atom stereocenters. The number of halogens is 2. The first-order chi connectivity index (χ1) is 11.4. The summed E-state index contributed by atoms with van der Waals surface area (Å²) in [6.07, 6.45) is 0. The van der Waals surface area contributed by atoms with Gasteiger partial charge in [-0.1, -0.05) is 0 Å². The summed E-state index contributed by atoms with van der Waals surface area (Å²) in [7, 11) is 2.63. The largest absolute Gasteiger partial charge is 0.466 e. The van der Waals surface area contributed by atoms with Crippen molar-refractivity contribution in [1.82, 2.24) is 14.8 Å². The summed E-state index contributed by atoms with van der Waals surface area (Å²) >= 11 is 0. The first-order valence-electron chi connectivity index (χ1n) is 6.62. The van der Waals surface area contributed by atoms with Crippen LogP contribution in [-0.2, 0) is 26.1 Å². The van der Waals surface area contributed by atoms with Crippen molar-refractivity contribution in [2.75, 3.05) is 20.3 Å². The third-order valence-electron chi connectivity index (χ3n) is 2.81. The van der Waals surface area contributed by atoms with Gasteiger partial charge in [0.1, 0.15) is 11.6 Å². The number of rotatable bonds is 6. The van der Waals surface area contributed by atoms with Crippen LogP contribution in [0.25, 0.3) is 11.4 Å². The molecule has 0 aliphatic heterocycles. The van der Waals surface area contributed by atoms with Crippen LogP contribution in [0.3, 0.4) is 0 Å². The van der Waals surface area contributed by atoms with Gasteiger partial charge in [0.2, 0.25) is 0 Å². The van der Waals surface area contributed by atoms with E-state index in [0.29, 0.717) is 6.07 Å². The molecule has 0 bridgehead atoms. The van der Waals surface area contributed by atoms with E-state index in [4.69, 9.17) is 4.74 Å². The Labute approximate surface area is 134 Å². The predicted octanol–water partition coefficient (Wildman–Crippen LogP) is 0.855. The molecule has 1 aromatic heterocycles. The topological polar surface area (TPSA) is 92.5 Å². The number of benzene rings is 1. The Balaban J connectivity index is 2.01. The summed E-state index contributed by atoms with van der Waals surface area (Å²) in [5.74, 6) is -2.99. The van der Waals surface area contributed by atoms with Crippen molar-refractivity contribution in [1.29, 1.82) is 0 Å². The standard InChI is InChI=1S/C14H13F2N3O5/c1-19-13(9-4-3-8(15)5-10(9)16)17-14(18-19)24-7-12(21)23-6-11(20)22-2/h3-5H,6-7H2,1-2H3. The van der Waals surface area contributed by atoms with Gasteiger partial charge in [-0.25, -0.2) is 23.1 Å². The summed E-state index contributed by atoms with van der Waals surface area (Å²) in [5.41, 5.74) is 0.0227. The number of methoxy groups -OCH3 is 1. The van der Waals surface area contributed by atoms with Gasteiger partial charge in [-0.2, -0.15) is 4.98 Å². The van der Waals surface area contributed by atoms with E-state index in [1.165, 1.54) is 17.8 Å². The third kappa shape index (κ3) is 4.24. The minimum absolute atomic E-state index is 0.0227. The monoisotopic (exact) mass is 341 g/mol. The lowest BCUT2D eigenvalue weighted by Gasteiger charge is -2.03. The molecule has 2 rings (SSSR count). The fraction of sp³-hybridized carbons (Fsp3) is 0.286. The van der Waals surface area contributed by atoms with Crippen LogP contribution in [0, 0.1) is 11.6 Å². The Morgan fingerprint density at radius 1 is 1.21 bits per heavy atom. The van der Waals surface area contributed by atoms with Gasteiger partial charge in [0.15, 0.2) is 19.0 Å². The summed E-state index contributed by atoms with van der Waals surface area (Å²) in [4.78, 5) is 26.1. The lowest BCUT2D eigenvalue weighted by molar-refractivity contribution is -0.158. The van der Waals surface area contributed by atoms with Crippen molar-refractivity contribution in [3.05, 3.63) is 29.8 Å². The van der Waals surface area contributed by atoms with Crippen LogP contribution in [0.2, 0.25) is 0 Å². The molecule has 10 heteroatoms. The molecular formula is C14H13F2N3O5. The summed E-state index contributed by atoms with van der Waals surface area (Å²) in [6, 6.07) is 2.81. The highest BCUT2D eigenvalue weighted by atomic mass is 19.1. The second-order valence-electron chi connectivity index (χ2n) is 4.49. The number of aromatic nitrogens is 3. The molecule has 0 amide bonds. The molecule has 0 spiro atoms. The van der Waals surface area contributed by atoms with Gasteiger partial charge in [0.05, 0.1) is 12.7 Å². The molecule has 128 valence electrons. The predicted molar refractivity (Wildman–Crippen MR) is 74.8 cm³/mol. The van der Waals surface area contributed by atoms with Gasteiger partial charge in [-0.15, -0.1) is 5.10 Å². The van der Waals surface area contributed by atoms with Crippen molar-refractivity contribution in [2.45, 2.75) is 0 Å². The Morgan fingerprint density at radius 2 is 1.96 bits per heavy atom. The van der Waals surface area contributed by atoms with Crippen LogP contribution in [-0.4, -0.2) is 47.0 Å². The molecule has 1 aromatic carbocycles. The molecule has 0 fully saturated rings. The summed E-state index contributed by atoms with van der Waals surface area (Å²) in [6.45, 7) is -1.09. The first-order valence-corrected chi connectivity index (χ1v) is 6.62. The highest BCUT2D eigenvalue weighted by Gasteiger charge is 2.16. The lowest BCUT2D eigenvalue weighted by Crippen LogP contribution is -2.20. The van der Waals surface area contributed by atoms with E-state index in [1.54, 1.807) is 0 Å². The second kappa shape index (κ2) is 7.49. The van der Waals surface area contributed by atoms with Gasteiger partial charge in [-0.3, -0.25) is 0 Å². The van der Waals surface area contributed by atoms with E-state index < -0.39 is 36.8 Å².